The summed E-state index contributed by atoms with van der Waals surface area (Å²) in [4.78, 5) is 25.3. The normalized spacial score (nSPS) is 26.7. The Kier molecular flexibility index (Phi) is 6.92. The Morgan fingerprint density at radius 1 is 1.00 bits per heavy atom. The van der Waals surface area contributed by atoms with Crippen LogP contribution in [0.25, 0.3) is 0 Å². The Balaban J connectivity index is 1.58. The summed E-state index contributed by atoms with van der Waals surface area (Å²) in [6.45, 7) is 6.56. The molecule has 0 amide bonds. The van der Waals surface area contributed by atoms with Gasteiger partial charge in [-0.15, -0.1) is 0 Å². The Hall–Kier alpha value is -3.64. The highest BCUT2D eigenvalue weighted by atomic mass is 16.5. The van der Waals surface area contributed by atoms with E-state index in [2.05, 4.69) is 45.0 Å². The molecule has 0 aliphatic heterocycles. The molecule has 36 heavy (non-hydrogen) atoms. The topological polar surface area (TPSA) is 100 Å². The quantitative estimate of drug-likeness (QED) is 0.499. The number of carbonyl (C=O) groups is 2. The van der Waals surface area contributed by atoms with Crippen molar-refractivity contribution in [3.05, 3.63) is 71.3 Å². The van der Waals surface area contributed by atoms with Gasteiger partial charge in [-0.3, -0.25) is 4.79 Å². The summed E-state index contributed by atoms with van der Waals surface area (Å²) in [5, 5.41) is 19.8. The van der Waals surface area contributed by atoms with Gasteiger partial charge >= 0.3 is 11.9 Å². The molecule has 2 saturated carbocycles. The van der Waals surface area contributed by atoms with Crippen LogP contribution in [-0.2, 0) is 19.7 Å². The molecule has 0 radical (unpaired) electrons. The minimum Gasteiger partial charge on any atom is -0.465 e. The second kappa shape index (κ2) is 9.78. The number of hydrogen-bond acceptors (Lipinski definition) is 6. The monoisotopic (exact) mass is 484 g/mol. The van der Waals surface area contributed by atoms with Crippen molar-refractivity contribution in [2.75, 3.05) is 7.11 Å². The van der Waals surface area contributed by atoms with Crippen LogP contribution in [0.3, 0.4) is 0 Å². The van der Waals surface area contributed by atoms with Gasteiger partial charge in [0.1, 0.15) is 6.10 Å². The van der Waals surface area contributed by atoms with Gasteiger partial charge in [-0.05, 0) is 47.4 Å². The third kappa shape index (κ3) is 4.37. The fourth-order valence-corrected chi connectivity index (χ4v) is 6.00. The van der Waals surface area contributed by atoms with Gasteiger partial charge in [-0.25, -0.2) is 4.79 Å². The molecule has 0 aromatic heterocycles. The molecule has 2 aliphatic rings. The Morgan fingerprint density at radius 3 is 2.22 bits per heavy atom. The van der Waals surface area contributed by atoms with Crippen molar-refractivity contribution in [3.8, 4) is 12.1 Å². The third-order valence-electron chi connectivity index (χ3n) is 8.29. The third-order valence-corrected chi connectivity index (χ3v) is 8.29. The Labute approximate surface area is 212 Å². The van der Waals surface area contributed by atoms with Crippen LogP contribution in [-0.4, -0.2) is 25.2 Å². The molecule has 0 bridgehead atoms. The van der Waals surface area contributed by atoms with Crippen LogP contribution in [0.5, 0.6) is 0 Å². The van der Waals surface area contributed by atoms with E-state index in [1.165, 1.54) is 12.7 Å². The summed E-state index contributed by atoms with van der Waals surface area (Å²) in [5.41, 5.74) is 0.535. The molecule has 0 N–H and O–H groups in total. The molecule has 6 nitrogen and oxygen atoms in total. The number of rotatable bonds is 6. The lowest BCUT2D eigenvalue weighted by atomic mass is 9.64. The number of esters is 2. The molecule has 2 fully saturated rings. The van der Waals surface area contributed by atoms with Crippen LogP contribution in [0.2, 0.25) is 0 Å². The fraction of sp³-hybridized carbons (Fsp3) is 0.467. The van der Waals surface area contributed by atoms with Gasteiger partial charge in [-0.2, -0.15) is 10.5 Å². The molecular formula is C30H32N2O4. The van der Waals surface area contributed by atoms with E-state index in [0.29, 0.717) is 17.0 Å². The molecule has 2 aliphatic carbocycles. The average Bonchev–Trinajstić information content (AvgIpc) is 3.58. The molecule has 0 spiro atoms. The fourth-order valence-electron chi connectivity index (χ4n) is 6.00. The van der Waals surface area contributed by atoms with Crippen LogP contribution in [0.15, 0.2) is 54.6 Å². The van der Waals surface area contributed by atoms with Crippen LogP contribution >= 0.6 is 0 Å². The molecule has 6 heteroatoms. The first-order chi connectivity index (χ1) is 17.2. The molecule has 2 aromatic rings. The molecule has 0 saturated heterocycles. The van der Waals surface area contributed by atoms with Crippen molar-refractivity contribution < 1.29 is 19.1 Å². The standard InChI is InChI=1S/C30H32N2O4/c1-19-10-15-23(29(2,3)22-8-6-5-7-9-22)24(16-19)36-28(34)26-25(30(26,17-31)18-32)20-11-13-21(14-12-20)27(33)35-4/h5-9,11-14,19,23-26H,10,15-16H2,1-4H3/t19-,23-,24-,25-,26+/m1/s1. The van der Waals surface area contributed by atoms with Gasteiger partial charge in [0.2, 0.25) is 0 Å². The Bertz CT molecular complexity index is 1190. The number of nitrogens with zero attached hydrogens (tertiary/aromatic N) is 2. The molecule has 2 aromatic carbocycles. The van der Waals surface area contributed by atoms with Crippen molar-refractivity contribution in [3.63, 3.8) is 0 Å². The van der Waals surface area contributed by atoms with Crippen LogP contribution < -0.4 is 0 Å². The molecule has 186 valence electrons. The van der Waals surface area contributed by atoms with Gasteiger partial charge in [0.15, 0.2) is 5.41 Å². The number of methoxy groups -OCH3 is 1. The SMILES string of the molecule is COC(=O)c1ccc([C@@H]2[C@@H](C(=O)O[C@@H]3C[C@H](C)CC[C@H]3C(C)(C)c3ccccc3)C2(C#N)C#N)cc1. The van der Waals surface area contributed by atoms with Crippen molar-refractivity contribution in [1.29, 1.82) is 10.5 Å². The van der Waals surface area contributed by atoms with Gasteiger partial charge in [0, 0.05) is 11.8 Å². The summed E-state index contributed by atoms with van der Waals surface area (Å²) in [5.74, 6) is -1.90. The van der Waals surface area contributed by atoms with E-state index in [1.807, 2.05) is 18.2 Å². The summed E-state index contributed by atoms with van der Waals surface area (Å²) >= 11 is 0. The highest BCUT2D eigenvalue weighted by Crippen LogP contribution is 2.65. The van der Waals surface area contributed by atoms with E-state index in [4.69, 9.17) is 9.47 Å². The minimum absolute atomic E-state index is 0.121. The van der Waals surface area contributed by atoms with E-state index in [-0.39, 0.29) is 17.4 Å². The molecule has 0 unspecified atom stereocenters. The summed E-state index contributed by atoms with van der Waals surface area (Å²) in [6.07, 6.45) is 2.46. The number of ether oxygens (including phenoxy) is 2. The van der Waals surface area contributed by atoms with Gasteiger partial charge < -0.3 is 9.47 Å². The number of hydrogen-bond donors (Lipinski definition) is 0. The van der Waals surface area contributed by atoms with E-state index in [9.17, 15) is 20.1 Å². The van der Waals surface area contributed by atoms with E-state index in [1.54, 1.807) is 24.3 Å². The maximum absolute atomic E-state index is 13.5. The first kappa shape index (κ1) is 25.5. The molecular weight excluding hydrogens is 452 g/mol. The molecule has 5 atom stereocenters. The van der Waals surface area contributed by atoms with Crippen molar-refractivity contribution in [2.24, 2.45) is 23.2 Å². The van der Waals surface area contributed by atoms with Gasteiger partial charge in [-0.1, -0.05) is 69.7 Å². The summed E-state index contributed by atoms with van der Waals surface area (Å²) < 4.78 is 10.9. The largest absolute Gasteiger partial charge is 0.465 e. The summed E-state index contributed by atoms with van der Waals surface area (Å²) in [7, 11) is 1.30. The average molecular weight is 485 g/mol. The van der Waals surface area contributed by atoms with E-state index in [0.717, 1.165) is 19.3 Å². The zero-order valence-corrected chi connectivity index (χ0v) is 21.2. The van der Waals surface area contributed by atoms with E-state index >= 15 is 0 Å². The highest BCUT2D eigenvalue weighted by molar-refractivity contribution is 5.89. The lowest BCUT2D eigenvalue weighted by Crippen LogP contribution is -2.43. The molecule has 0 heterocycles. The first-order valence-corrected chi connectivity index (χ1v) is 12.5. The lowest BCUT2D eigenvalue weighted by molar-refractivity contribution is -0.158. The lowest BCUT2D eigenvalue weighted by Gasteiger charge is -2.44. The van der Waals surface area contributed by atoms with Crippen molar-refractivity contribution >= 4 is 11.9 Å². The predicted molar refractivity (Wildman–Crippen MR) is 134 cm³/mol. The first-order valence-electron chi connectivity index (χ1n) is 12.5. The number of carbonyl (C=O) groups excluding carboxylic acids is 2. The van der Waals surface area contributed by atoms with Gasteiger partial charge in [0.05, 0.1) is 30.7 Å². The maximum atomic E-state index is 13.5. The smallest absolute Gasteiger partial charge is 0.337 e. The second-order valence-electron chi connectivity index (χ2n) is 10.7. The van der Waals surface area contributed by atoms with Crippen molar-refractivity contribution in [2.45, 2.75) is 57.5 Å². The van der Waals surface area contributed by atoms with Crippen molar-refractivity contribution in [1.82, 2.24) is 0 Å². The number of benzene rings is 2. The Morgan fingerprint density at radius 2 is 1.64 bits per heavy atom. The second-order valence-corrected chi connectivity index (χ2v) is 10.7. The molecule has 4 rings (SSSR count). The van der Waals surface area contributed by atoms with Crippen LogP contribution in [0.1, 0.15) is 67.4 Å². The maximum Gasteiger partial charge on any atom is 0.337 e. The minimum atomic E-state index is -1.48. The predicted octanol–water partition coefficient (Wildman–Crippen LogP) is 5.55. The number of nitriles is 2. The zero-order valence-electron chi connectivity index (χ0n) is 21.2. The van der Waals surface area contributed by atoms with Crippen LogP contribution in [0.4, 0.5) is 0 Å². The highest BCUT2D eigenvalue weighted by Gasteiger charge is 2.72. The zero-order chi connectivity index (χ0) is 26.1. The van der Waals surface area contributed by atoms with Crippen LogP contribution in [0, 0.1) is 45.8 Å². The van der Waals surface area contributed by atoms with E-state index < -0.39 is 29.2 Å². The van der Waals surface area contributed by atoms with Gasteiger partial charge in [0.25, 0.3) is 0 Å². The summed E-state index contributed by atoms with van der Waals surface area (Å²) in [6, 6.07) is 21.0.